The molecular weight excluding hydrogens is 338 g/mol. The van der Waals surface area contributed by atoms with Crippen LogP contribution in [0.25, 0.3) is 0 Å². The molecule has 0 saturated heterocycles. The molecular formula is C19H26ClN3O2. The zero-order valence-corrected chi connectivity index (χ0v) is 15.9. The van der Waals surface area contributed by atoms with E-state index in [2.05, 4.69) is 35.0 Å². The van der Waals surface area contributed by atoms with E-state index in [9.17, 15) is 0 Å². The molecule has 0 spiro atoms. The van der Waals surface area contributed by atoms with Gasteiger partial charge in [-0.1, -0.05) is 18.5 Å². The maximum atomic E-state index is 6.34. The molecule has 0 amide bonds. The molecule has 0 saturated carbocycles. The van der Waals surface area contributed by atoms with Crippen LogP contribution >= 0.6 is 11.6 Å². The summed E-state index contributed by atoms with van der Waals surface area (Å²) in [7, 11) is 0. The molecule has 1 aliphatic heterocycles. The maximum Gasteiger partial charge on any atom is 0.179 e. The number of ether oxygens (including phenoxy) is 2. The molecule has 1 aliphatic rings. The Kier molecular flexibility index (Phi) is 5.86. The quantitative estimate of drug-likeness (QED) is 0.849. The minimum absolute atomic E-state index is 0.480. The largest absolute Gasteiger partial charge is 0.489 e. The van der Waals surface area contributed by atoms with Crippen molar-refractivity contribution in [3.8, 4) is 11.5 Å². The monoisotopic (exact) mass is 363 g/mol. The lowest BCUT2D eigenvalue weighted by atomic mass is 10.1. The Morgan fingerprint density at radius 1 is 1.24 bits per heavy atom. The van der Waals surface area contributed by atoms with Crippen LogP contribution in [-0.4, -0.2) is 29.5 Å². The molecule has 0 aliphatic carbocycles. The van der Waals surface area contributed by atoms with Gasteiger partial charge in [-0.05, 0) is 50.1 Å². The number of hydrogen-bond donors (Lipinski definition) is 1. The van der Waals surface area contributed by atoms with Crippen molar-refractivity contribution >= 4 is 11.6 Å². The first kappa shape index (κ1) is 18.1. The molecule has 1 aromatic heterocycles. The summed E-state index contributed by atoms with van der Waals surface area (Å²) < 4.78 is 13.5. The summed E-state index contributed by atoms with van der Waals surface area (Å²) in [5.74, 6) is 1.90. The highest BCUT2D eigenvalue weighted by atomic mass is 35.5. The Morgan fingerprint density at radius 3 is 2.80 bits per heavy atom. The van der Waals surface area contributed by atoms with Gasteiger partial charge in [-0.25, -0.2) is 0 Å². The molecule has 136 valence electrons. The third-order valence-electron chi connectivity index (χ3n) is 4.27. The summed E-state index contributed by atoms with van der Waals surface area (Å²) in [4.78, 5) is 0. The van der Waals surface area contributed by atoms with Crippen LogP contribution in [0.1, 0.15) is 30.3 Å². The van der Waals surface area contributed by atoms with Crippen LogP contribution in [0.2, 0.25) is 5.02 Å². The predicted octanol–water partition coefficient (Wildman–Crippen LogP) is 3.74. The summed E-state index contributed by atoms with van der Waals surface area (Å²) in [6, 6.07) is 6.08. The van der Waals surface area contributed by atoms with Gasteiger partial charge in [0, 0.05) is 25.2 Å². The highest BCUT2D eigenvalue weighted by Gasteiger charge is 2.15. The Balaban J connectivity index is 1.54. The van der Waals surface area contributed by atoms with E-state index in [1.807, 2.05) is 19.1 Å². The highest BCUT2D eigenvalue weighted by Crippen LogP contribution is 2.37. The molecule has 0 bridgehead atoms. The SMILES string of the molecule is Cc1cc(C)n(CC(C)CNCc2cc(Cl)c3c(c2)OCCCO3)n1. The lowest BCUT2D eigenvalue weighted by Crippen LogP contribution is -2.24. The van der Waals surface area contributed by atoms with Gasteiger partial charge in [-0.2, -0.15) is 5.10 Å². The Hall–Kier alpha value is -1.72. The molecule has 0 fully saturated rings. The number of nitrogens with zero attached hydrogens (tertiary/aromatic N) is 2. The minimum Gasteiger partial charge on any atom is -0.489 e. The van der Waals surface area contributed by atoms with Gasteiger partial charge < -0.3 is 14.8 Å². The van der Waals surface area contributed by atoms with Crippen molar-refractivity contribution in [3.63, 3.8) is 0 Å². The van der Waals surface area contributed by atoms with Crippen LogP contribution < -0.4 is 14.8 Å². The third-order valence-corrected chi connectivity index (χ3v) is 4.55. The Bertz CT molecular complexity index is 730. The van der Waals surface area contributed by atoms with Crippen LogP contribution in [0, 0.1) is 19.8 Å². The van der Waals surface area contributed by atoms with Crippen molar-refractivity contribution < 1.29 is 9.47 Å². The molecule has 1 unspecified atom stereocenters. The van der Waals surface area contributed by atoms with Crippen LogP contribution in [-0.2, 0) is 13.1 Å². The van der Waals surface area contributed by atoms with Crippen molar-refractivity contribution in [1.29, 1.82) is 0 Å². The molecule has 25 heavy (non-hydrogen) atoms. The number of hydrogen-bond acceptors (Lipinski definition) is 4. The average molecular weight is 364 g/mol. The van der Waals surface area contributed by atoms with E-state index in [1.165, 1.54) is 5.69 Å². The van der Waals surface area contributed by atoms with Gasteiger partial charge in [0.05, 0.1) is 23.9 Å². The second-order valence-electron chi connectivity index (χ2n) is 6.80. The summed E-state index contributed by atoms with van der Waals surface area (Å²) in [5, 5.41) is 8.65. The van der Waals surface area contributed by atoms with E-state index in [-0.39, 0.29) is 0 Å². The lowest BCUT2D eigenvalue weighted by Gasteiger charge is -2.15. The predicted molar refractivity (Wildman–Crippen MR) is 99.6 cm³/mol. The highest BCUT2D eigenvalue weighted by molar-refractivity contribution is 6.32. The molecule has 0 radical (unpaired) electrons. The van der Waals surface area contributed by atoms with Crippen LogP contribution in [0.15, 0.2) is 18.2 Å². The van der Waals surface area contributed by atoms with Crippen molar-refractivity contribution in [3.05, 3.63) is 40.2 Å². The summed E-state index contributed by atoms with van der Waals surface area (Å²) in [6.07, 6.45) is 0.877. The fourth-order valence-electron chi connectivity index (χ4n) is 3.07. The fourth-order valence-corrected chi connectivity index (χ4v) is 3.36. The topological polar surface area (TPSA) is 48.3 Å². The minimum atomic E-state index is 0.480. The summed E-state index contributed by atoms with van der Waals surface area (Å²) >= 11 is 6.34. The second-order valence-corrected chi connectivity index (χ2v) is 7.21. The van der Waals surface area contributed by atoms with Crippen molar-refractivity contribution in [2.75, 3.05) is 19.8 Å². The van der Waals surface area contributed by atoms with Crippen molar-refractivity contribution in [1.82, 2.24) is 15.1 Å². The number of rotatable bonds is 6. The van der Waals surface area contributed by atoms with E-state index in [1.54, 1.807) is 0 Å². The van der Waals surface area contributed by atoms with E-state index in [0.29, 0.717) is 29.9 Å². The first-order valence-corrected chi connectivity index (χ1v) is 9.20. The first-order chi connectivity index (χ1) is 12.0. The van der Waals surface area contributed by atoms with E-state index >= 15 is 0 Å². The van der Waals surface area contributed by atoms with Gasteiger partial charge in [0.1, 0.15) is 0 Å². The number of nitrogens with one attached hydrogen (secondary N) is 1. The number of aryl methyl sites for hydroxylation is 2. The molecule has 2 aromatic rings. The number of fused-ring (bicyclic) bond motifs is 1. The molecule has 6 heteroatoms. The summed E-state index contributed by atoms with van der Waals surface area (Å²) in [6.45, 7) is 10.2. The fraction of sp³-hybridized carbons (Fsp3) is 0.526. The lowest BCUT2D eigenvalue weighted by molar-refractivity contribution is 0.297. The van der Waals surface area contributed by atoms with Crippen LogP contribution in [0.4, 0.5) is 0 Å². The molecule has 1 atom stereocenters. The van der Waals surface area contributed by atoms with Crippen LogP contribution in [0.5, 0.6) is 11.5 Å². The number of aromatic nitrogens is 2. The Morgan fingerprint density at radius 2 is 2.04 bits per heavy atom. The smallest absolute Gasteiger partial charge is 0.179 e. The zero-order chi connectivity index (χ0) is 17.8. The standard InChI is InChI=1S/C19H26ClN3O2/c1-13(12-23-15(3)7-14(2)22-23)10-21-11-16-8-17(20)19-18(9-16)24-5-4-6-25-19/h7-9,13,21H,4-6,10-12H2,1-3H3. The van der Waals surface area contributed by atoms with E-state index in [0.717, 1.165) is 43.1 Å². The van der Waals surface area contributed by atoms with Gasteiger partial charge in [0.15, 0.2) is 11.5 Å². The first-order valence-electron chi connectivity index (χ1n) is 8.82. The van der Waals surface area contributed by atoms with Gasteiger partial charge in [0.25, 0.3) is 0 Å². The second kappa shape index (κ2) is 8.11. The van der Waals surface area contributed by atoms with Crippen molar-refractivity contribution in [2.24, 2.45) is 5.92 Å². The van der Waals surface area contributed by atoms with E-state index < -0.39 is 0 Å². The maximum absolute atomic E-state index is 6.34. The molecule has 1 N–H and O–H groups in total. The van der Waals surface area contributed by atoms with E-state index in [4.69, 9.17) is 21.1 Å². The Labute approximate surface area is 154 Å². The number of benzene rings is 1. The van der Waals surface area contributed by atoms with Gasteiger partial charge >= 0.3 is 0 Å². The molecule has 2 heterocycles. The normalized spacial score (nSPS) is 15.0. The van der Waals surface area contributed by atoms with Crippen molar-refractivity contribution in [2.45, 2.75) is 40.3 Å². The molecule has 5 nitrogen and oxygen atoms in total. The third kappa shape index (κ3) is 4.67. The van der Waals surface area contributed by atoms with Crippen LogP contribution in [0.3, 0.4) is 0 Å². The van der Waals surface area contributed by atoms with Gasteiger partial charge in [-0.15, -0.1) is 0 Å². The van der Waals surface area contributed by atoms with Gasteiger partial charge in [0.2, 0.25) is 0 Å². The molecule has 1 aromatic carbocycles. The molecule has 3 rings (SSSR count). The number of halogens is 1. The summed E-state index contributed by atoms with van der Waals surface area (Å²) in [5.41, 5.74) is 3.38. The average Bonchev–Trinajstić information content (AvgIpc) is 2.75. The zero-order valence-electron chi connectivity index (χ0n) is 15.1. The van der Waals surface area contributed by atoms with Gasteiger partial charge in [-0.3, -0.25) is 4.68 Å².